The van der Waals surface area contributed by atoms with Crippen LogP contribution in [0.25, 0.3) is 0 Å². The fourth-order valence-electron chi connectivity index (χ4n) is 4.27. The molecule has 3 aliphatic rings. The van der Waals surface area contributed by atoms with Crippen molar-refractivity contribution in [3.63, 3.8) is 0 Å². The Kier molecular flexibility index (Phi) is 2.72. The maximum Gasteiger partial charge on any atom is 0.125 e. The van der Waals surface area contributed by atoms with Crippen LogP contribution < -0.4 is 10.5 Å². The number of rotatable bonds is 3. The van der Waals surface area contributed by atoms with Gasteiger partial charge in [0.25, 0.3) is 0 Å². The first kappa shape index (κ1) is 12.2. The van der Waals surface area contributed by atoms with Crippen molar-refractivity contribution < 1.29 is 4.74 Å². The third-order valence-electron chi connectivity index (χ3n) is 5.28. The first-order valence-electron chi connectivity index (χ1n) is 7.33. The average molecular weight is 322 g/mol. The summed E-state index contributed by atoms with van der Waals surface area (Å²) in [4.78, 5) is 0. The number of fused-ring (bicyclic) bond motifs is 2. The lowest BCUT2D eigenvalue weighted by atomic mass is 9.77. The molecular weight excluding hydrogens is 302 g/mol. The Hall–Kier alpha value is -0.540. The summed E-state index contributed by atoms with van der Waals surface area (Å²) in [7, 11) is 0. The highest BCUT2D eigenvalue weighted by molar-refractivity contribution is 9.10. The van der Waals surface area contributed by atoms with Gasteiger partial charge in [0.1, 0.15) is 5.75 Å². The predicted molar refractivity (Wildman–Crippen MR) is 79.4 cm³/mol. The van der Waals surface area contributed by atoms with Crippen molar-refractivity contribution in [2.24, 2.45) is 23.0 Å². The van der Waals surface area contributed by atoms with Crippen molar-refractivity contribution in [1.29, 1.82) is 0 Å². The molecule has 19 heavy (non-hydrogen) atoms. The van der Waals surface area contributed by atoms with Gasteiger partial charge >= 0.3 is 0 Å². The molecule has 1 aromatic rings. The van der Waals surface area contributed by atoms with E-state index in [9.17, 15) is 0 Å². The third-order valence-corrected chi connectivity index (χ3v) is 5.74. The summed E-state index contributed by atoms with van der Waals surface area (Å²) in [6.45, 7) is 1.65. The monoisotopic (exact) mass is 321 g/mol. The first-order valence-corrected chi connectivity index (χ1v) is 8.13. The standard InChI is InChI=1S/C16H20BrNO/c17-14-4-10-1-2-19-15(10)13(5-14)8-16(9-18)6-11-3-12(11)7-16/h4-5,11-12H,1-3,6-9,18H2. The van der Waals surface area contributed by atoms with Crippen molar-refractivity contribution in [3.8, 4) is 5.75 Å². The Labute approximate surface area is 122 Å². The van der Waals surface area contributed by atoms with Gasteiger partial charge in [-0.15, -0.1) is 0 Å². The Morgan fingerprint density at radius 2 is 2.11 bits per heavy atom. The molecule has 1 aromatic carbocycles. The van der Waals surface area contributed by atoms with E-state index in [-0.39, 0.29) is 0 Å². The van der Waals surface area contributed by atoms with Gasteiger partial charge in [-0.05, 0) is 72.7 Å². The van der Waals surface area contributed by atoms with Crippen molar-refractivity contribution >= 4 is 15.9 Å². The second-order valence-electron chi connectivity index (χ2n) is 6.70. The van der Waals surface area contributed by atoms with E-state index in [4.69, 9.17) is 10.5 Å². The van der Waals surface area contributed by atoms with Crippen LogP contribution in [-0.4, -0.2) is 13.2 Å². The lowest BCUT2D eigenvalue weighted by molar-refractivity contribution is 0.267. The van der Waals surface area contributed by atoms with E-state index in [1.165, 1.54) is 34.9 Å². The molecule has 1 heterocycles. The van der Waals surface area contributed by atoms with Crippen LogP contribution in [0.3, 0.4) is 0 Å². The molecule has 2 N–H and O–H groups in total. The van der Waals surface area contributed by atoms with Gasteiger partial charge in [-0.1, -0.05) is 15.9 Å². The fraction of sp³-hybridized carbons (Fsp3) is 0.625. The normalized spacial score (nSPS) is 34.8. The minimum Gasteiger partial charge on any atom is -0.493 e. The van der Waals surface area contributed by atoms with Crippen LogP contribution in [0.1, 0.15) is 30.4 Å². The Bertz CT molecular complexity index is 518. The van der Waals surface area contributed by atoms with Crippen LogP contribution in [0.2, 0.25) is 0 Å². The van der Waals surface area contributed by atoms with Gasteiger partial charge in [0, 0.05) is 10.9 Å². The molecule has 3 heteroatoms. The van der Waals surface area contributed by atoms with Gasteiger partial charge in [-0.2, -0.15) is 0 Å². The second kappa shape index (κ2) is 4.23. The summed E-state index contributed by atoms with van der Waals surface area (Å²) < 4.78 is 7.04. The molecule has 2 atom stereocenters. The van der Waals surface area contributed by atoms with Gasteiger partial charge in [-0.25, -0.2) is 0 Å². The van der Waals surface area contributed by atoms with Crippen molar-refractivity contribution in [3.05, 3.63) is 27.7 Å². The van der Waals surface area contributed by atoms with Crippen molar-refractivity contribution in [2.75, 3.05) is 13.2 Å². The molecular formula is C16H20BrNO. The topological polar surface area (TPSA) is 35.2 Å². The number of nitrogens with two attached hydrogens (primary N) is 1. The summed E-state index contributed by atoms with van der Waals surface area (Å²) in [6, 6.07) is 4.44. The smallest absolute Gasteiger partial charge is 0.125 e. The van der Waals surface area contributed by atoms with E-state index in [1.54, 1.807) is 0 Å². The van der Waals surface area contributed by atoms with E-state index >= 15 is 0 Å². The van der Waals surface area contributed by atoms with Crippen LogP contribution in [0.5, 0.6) is 5.75 Å². The highest BCUT2D eigenvalue weighted by atomic mass is 79.9. The van der Waals surface area contributed by atoms with Gasteiger partial charge in [0.2, 0.25) is 0 Å². The predicted octanol–water partition coefficient (Wildman–Crippen LogP) is 3.30. The molecule has 2 fully saturated rings. The number of hydrogen-bond donors (Lipinski definition) is 1. The number of hydrogen-bond acceptors (Lipinski definition) is 2. The molecule has 102 valence electrons. The lowest BCUT2D eigenvalue weighted by Crippen LogP contribution is -2.31. The summed E-state index contributed by atoms with van der Waals surface area (Å²) in [5.41, 5.74) is 9.20. The SMILES string of the molecule is NCC1(Cc2cc(Br)cc3c2OCC3)CC2CC2C1. The Morgan fingerprint density at radius 1 is 1.32 bits per heavy atom. The van der Waals surface area contributed by atoms with E-state index in [1.807, 2.05) is 0 Å². The molecule has 0 spiro atoms. The summed E-state index contributed by atoms with van der Waals surface area (Å²) >= 11 is 3.64. The lowest BCUT2D eigenvalue weighted by Gasteiger charge is -2.30. The molecule has 2 saturated carbocycles. The van der Waals surface area contributed by atoms with Crippen LogP contribution >= 0.6 is 15.9 Å². The molecule has 2 nitrogen and oxygen atoms in total. The minimum absolute atomic E-state index is 0.341. The highest BCUT2D eigenvalue weighted by Gasteiger charge is 2.53. The van der Waals surface area contributed by atoms with Gasteiger partial charge in [0.05, 0.1) is 6.61 Å². The zero-order chi connectivity index (χ0) is 13.0. The van der Waals surface area contributed by atoms with Crippen LogP contribution in [0, 0.1) is 17.3 Å². The Morgan fingerprint density at radius 3 is 2.84 bits per heavy atom. The van der Waals surface area contributed by atoms with Crippen LogP contribution in [0.15, 0.2) is 16.6 Å². The van der Waals surface area contributed by atoms with Gasteiger partial charge in [0.15, 0.2) is 0 Å². The van der Waals surface area contributed by atoms with Crippen LogP contribution in [0.4, 0.5) is 0 Å². The number of ether oxygens (including phenoxy) is 1. The molecule has 4 rings (SSSR count). The van der Waals surface area contributed by atoms with Gasteiger partial charge < -0.3 is 10.5 Å². The van der Waals surface area contributed by atoms with Gasteiger partial charge in [-0.3, -0.25) is 0 Å². The summed E-state index contributed by atoms with van der Waals surface area (Å²) in [5, 5.41) is 0. The molecule has 0 saturated heterocycles. The zero-order valence-electron chi connectivity index (χ0n) is 11.1. The molecule has 0 bridgehead atoms. The highest BCUT2D eigenvalue weighted by Crippen LogP contribution is 2.60. The van der Waals surface area contributed by atoms with E-state index in [0.29, 0.717) is 5.41 Å². The number of benzene rings is 1. The third kappa shape index (κ3) is 2.02. The molecule has 1 aliphatic heterocycles. The fourth-order valence-corrected chi connectivity index (χ4v) is 4.82. The average Bonchev–Trinajstić information content (AvgIpc) is 2.82. The zero-order valence-corrected chi connectivity index (χ0v) is 12.7. The van der Waals surface area contributed by atoms with Crippen LogP contribution in [-0.2, 0) is 12.8 Å². The summed E-state index contributed by atoms with van der Waals surface area (Å²) in [6.07, 6.45) is 6.25. The number of halogens is 1. The summed E-state index contributed by atoms with van der Waals surface area (Å²) in [5.74, 6) is 3.10. The second-order valence-corrected chi connectivity index (χ2v) is 7.61. The largest absolute Gasteiger partial charge is 0.493 e. The maximum absolute atomic E-state index is 6.13. The van der Waals surface area contributed by atoms with E-state index in [2.05, 4.69) is 28.1 Å². The molecule has 0 amide bonds. The molecule has 2 unspecified atom stereocenters. The minimum atomic E-state index is 0.341. The molecule has 0 radical (unpaired) electrons. The van der Waals surface area contributed by atoms with Crippen molar-refractivity contribution in [1.82, 2.24) is 0 Å². The molecule has 0 aromatic heterocycles. The van der Waals surface area contributed by atoms with E-state index < -0.39 is 0 Å². The van der Waals surface area contributed by atoms with E-state index in [0.717, 1.165) is 43.6 Å². The first-order chi connectivity index (χ1) is 9.19. The maximum atomic E-state index is 6.13. The quantitative estimate of drug-likeness (QED) is 0.927. The van der Waals surface area contributed by atoms with Crippen molar-refractivity contribution in [2.45, 2.75) is 32.1 Å². The Balaban J connectivity index is 1.66. The molecule has 2 aliphatic carbocycles.